The second kappa shape index (κ2) is 10.9. The maximum Gasteiger partial charge on any atom is 0.446 e. The van der Waals surface area contributed by atoms with Crippen molar-refractivity contribution in [1.82, 2.24) is 9.78 Å². The highest BCUT2D eigenvalue weighted by Gasteiger charge is 2.34. The van der Waals surface area contributed by atoms with Gasteiger partial charge in [-0.3, -0.25) is 9.48 Å². The topological polar surface area (TPSA) is 50.5 Å². The molecule has 0 fully saturated rings. The van der Waals surface area contributed by atoms with Crippen LogP contribution in [0.3, 0.4) is 0 Å². The predicted octanol–water partition coefficient (Wildman–Crippen LogP) is 7.00. The maximum atomic E-state index is 13.6. The second-order valence-electron chi connectivity index (χ2n) is 8.32. The van der Waals surface area contributed by atoms with Gasteiger partial charge in [0.1, 0.15) is 5.69 Å². The smallest absolute Gasteiger partial charge is 0.305 e. The first-order valence-electron chi connectivity index (χ1n) is 11.2. The van der Waals surface area contributed by atoms with E-state index in [-0.39, 0.29) is 42.1 Å². The number of carbonyl (C=O) groups excluding carboxylic acids is 1. The number of halogens is 3. The standard InChI is InChI=1S/C27H21F3N4OS.H2S/c1-18-17-33(21-12-14-22(15-13-21)36-27(28,29)30)26(35)25-23(16-31-34(18)25)32-24(19-8-4-2-5-9-19)20-10-6-3-7-11-20;/h2-16,18H,17H2,1H3;1H2/t18-;/m0./s1. The van der Waals surface area contributed by atoms with E-state index >= 15 is 0 Å². The van der Waals surface area contributed by atoms with Gasteiger partial charge in [-0.2, -0.15) is 31.8 Å². The molecule has 1 atom stereocenters. The zero-order valence-corrected chi connectivity index (χ0v) is 21.5. The largest absolute Gasteiger partial charge is 0.446 e. The Morgan fingerprint density at radius 1 is 0.946 bits per heavy atom. The fourth-order valence-electron chi connectivity index (χ4n) is 4.19. The maximum absolute atomic E-state index is 13.6. The summed E-state index contributed by atoms with van der Waals surface area (Å²) in [6.45, 7) is 2.28. The molecule has 1 aromatic heterocycles. The van der Waals surface area contributed by atoms with Crippen LogP contribution in [0.15, 0.2) is 101 Å². The van der Waals surface area contributed by atoms with Crippen LogP contribution in [-0.2, 0) is 0 Å². The molecule has 0 saturated heterocycles. The predicted molar refractivity (Wildman–Crippen MR) is 146 cm³/mol. The summed E-state index contributed by atoms with van der Waals surface area (Å²) in [6, 6.07) is 25.1. The highest BCUT2D eigenvalue weighted by Crippen LogP contribution is 2.38. The monoisotopic (exact) mass is 540 g/mol. The normalized spacial score (nSPS) is 15.1. The Morgan fingerprint density at radius 3 is 2.05 bits per heavy atom. The van der Waals surface area contributed by atoms with E-state index < -0.39 is 5.51 Å². The third-order valence-corrected chi connectivity index (χ3v) is 6.54. The number of nitrogens with zero attached hydrogens (tertiary/aromatic N) is 4. The lowest BCUT2D eigenvalue weighted by Crippen LogP contribution is -2.42. The van der Waals surface area contributed by atoms with Gasteiger partial charge in [-0.1, -0.05) is 60.7 Å². The van der Waals surface area contributed by atoms with Crippen molar-refractivity contribution in [2.75, 3.05) is 11.4 Å². The van der Waals surface area contributed by atoms with Crippen LogP contribution < -0.4 is 4.90 Å². The first-order chi connectivity index (χ1) is 17.3. The van der Waals surface area contributed by atoms with Gasteiger partial charge >= 0.3 is 5.51 Å². The second-order valence-corrected chi connectivity index (χ2v) is 9.46. The Bertz CT molecular complexity index is 1360. The van der Waals surface area contributed by atoms with E-state index in [9.17, 15) is 18.0 Å². The van der Waals surface area contributed by atoms with Crippen molar-refractivity contribution in [2.24, 2.45) is 4.99 Å². The number of fused-ring (bicyclic) bond motifs is 1. The van der Waals surface area contributed by atoms with Crippen molar-refractivity contribution in [2.45, 2.75) is 23.4 Å². The third kappa shape index (κ3) is 5.75. The number of aliphatic imine (C=N–C) groups is 1. The van der Waals surface area contributed by atoms with Crippen molar-refractivity contribution in [3.8, 4) is 0 Å². The minimum atomic E-state index is -4.37. The summed E-state index contributed by atoms with van der Waals surface area (Å²) < 4.78 is 39.8. The summed E-state index contributed by atoms with van der Waals surface area (Å²) in [5, 5.41) is 4.44. The van der Waals surface area contributed by atoms with Crippen LogP contribution in [0.1, 0.15) is 34.6 Å². The molecule has 1 aliphatic rings. The summed E-state index contributed by atoms with van der Waals surface area (Å²) >= 11 is -0.183. The molecule has 0 radical (unpaired) electrons. The van der Waals surface area contributed by atoms with Crippen LogP contribution in [0.5, 0.6) is 0 Å². The molecule has 3 aromatic carbocycles. The Balaban J connectivity index is 0.00000320. The number of amides is 1. The molecule has 0 aliphatic carbocycles. The summed E-state index contributed by atoms with van der Waals surface area (Å²) in [4.78, 5) is 20.1. The molecule has 5 rings (SSSR count). The zero-order chi connectivity index (χ0) is 25.3. The number of thioether (sulfide) groups is 1. The minimum absolute atomic E-state index is 0. The van der Waals surface area contributed by atoms with Crippen LogP contribution in [0, 0.1) is 0 Å². The van der Waals surface area contributed by atoms with E-state index in [2.05, 4.69) is 5.10 Å². The molecule has 37 heavy (non-hydrogen) atoms. The van der Waals surface area contributed by atoms with Crippen LogP contribution >= 0.6 is 25.3 Å². The lowest BCUT2D eigenvalue weighted by molar-refractivity contribution is -0.0328. The van der Waals surface area contributed by atoms with E-state index in [4.69, 9.17) is 4.99 Å². The Hall–Kier alpha value is -3.50. The third-order valence-electron chi connectivity index (χ3n) is 5.80. The molecule has 4 aromatic rings. The molecule has 190 valence electrons. The molecular formula is C27H23F3N4OS2. The van der Waals surface area contributed by atoms with E-state index in [1.54, 1.807) is 15.8 Å². The number of carbonyl (C=O) groups is 1. The van der Waals surface area contributed by atoms with Gasteiger partial charge in [-0.25, -0.2) is 4.99 Å². The van der Waals surface area contributed by atoms with Gasteiger partial charge in [-0.15, -0.1) is 0 Å². The Kier molecular flexibility index (Phi) is 7.79. The Morgan fingerprint density at radius 2 is 1.51 bits per heavy atom. The molecule has 0 bridgehead atoms. The SMILES string of the molecule is C[C@H]1CN(c2ccc(SC(F)(F)F)cc2)C(=O)c2c(N=C(c3ccccc3)c3ccccc3)cnn21.S. The summed E-state index contributed by atoms with van der Waals surface area (Å²) in [5.74, 6) is -0.305. The first-order valence-corrected chi connectivity index (χ1v) is 12.1. The number of rotatable bonds is 5. The zero-order valence-electron chi connectivity index (χ0n) is 19.7. The summed E-state index contributed by atoms with van der Waals surface area (Å²) in [5.41, 5.74) is -0.573. The van der Waals surface area contributed by atoms with Crippen molar-refractivity contribution in [1.29, 1.82) is 0 Å². The lowest BCUT2D eigenvalue weighted by Gasteiger charge is -2.32. The molecule has 0 saturated carbocycles. The highest BCUT2D eigenvalue weighted by molar-refractivity contribution is 8.00. The molecule has 1 aliphatic heterocycles. The van der Waals surface area contributed by atoms with Crippen LogP contribution in [0.25, 0.3) is 0 Å². The van der Waals surface area contributed by atoms with Gasteiger partial charge in [0, 0.05) is 28.3 Å². The Labute approximate surface area is 223 Å². The average molecular weight is 541 g/mol. The molecular weight excluding hydrogens is 517 g/mol. The van der Waals surface area contributed by atoms with Crippen LogP contribution in [-0.4, -0.2) is 33.5 Å². The number of aromatic nitrogens is 2. The number of anilines is 1. The van der Waals surface area contributed by atoms with Gasteiger partial charge < -0.3 is 4.90 Å². The molecule has 2 heterocycles. The minimum Gasteiger partial charge on any atom is -0.305 e. The number of hydrogen-bond donors (Lipinski definition) is 0. The molecule has 0 spiro atoms. The van der Waals surface area contributed by atoms with Crippen molar-refractivity contribution in [3.05, 3.63) is 108 Å². The summed E-state index contributed by atoms with van der Waals surface area (Å²) in [7, 11) is 0. The number of benzene rings is 3. The highest BCUT2D eigenvalue weighted by atomic mass is 32.2. The lowest BCUT2D eigenvalue weighted by atomic mass is 10.0. The number of hydrogen-bond acceptors (Lipinski definition) is 4. The fraction of sp³-hybridized carbons (Fsp3) is 0.148. The quantitative estimate of drug-likeness (QED) is 0.202. The van der Waals surface area contributed by atoms with E-state index in [1.165, 1.54) is 24.3 Å². The molecule has 5 nitrogen and oxygen atoms in total. The van der Waals surface area contributed by atoms with Crippen molar-refractivity contribution < 1.29 is 18.0 Å². The van der Waals surface area contributed by atoms with Gasteiger partial charge in [0.15, 0.2) is 5.69 Å². The van der Waals surface area contributed by atoms with Crippen molar-refractivity contribution >= 4 is 48.3 Å². The molecule has 0 unspecified atom stereocenters. The molecule has 10 heteroatoms. The van der Waals surface area contributed by atoms with Crippen molar-refractivity contribution in [3.63, 3.8) is 0 Å². The van der Waals surface area contributed by atoms with Gasteiger partial charge in [-0.05, 0) is 43.0 Å². The average Bonchev–Trinajstić information content (AvgIpc) is 3.30. The molecule has 0 N–H and O–H groups in total. The van der Waals surface area contributed by atoms with Gasteiger partial charge in [0.2, 0.25) is 0 Å². The first kappa shape index (κ1) is 26.6. The molecule has 1 amide bonds. The van der Waals surface area contributed by atoms with E-state index in [0.29, 0.717) is 29.3 Å². The summed E-state index contributed by atoms with van der Waals surface area (Å²) in [6.07, 6.45) is 1.59. The number of alkyl halides is 3. The van der Waals surface area contributed by atoms with E-state index in [0.717, 1.165) is 11.1 Å². The van der Waals surface area contributed by atoms with E-state index in [1.807, 2.05) is 67.6 Å². The van der Waals surface area contributed by atoms with Gasteiger partial charge in [0.05, 0.1) is 18.0 Å². The fourth-order valence-corrected chi connectivity index (χ4v) is 4.73. The van der Waals surface area contributed by atoms with Crippen LogP contribution in [0.2, 0.25) is 0 Å². The van der Waals surface area contributed by atoms with Crippen LogP contribution in [0.4, 0.5) is 24.5 Å². The van der Waals surface area contributed by atoms with Gasteiger partial charge in [0.25, 0.3) is 5.91 Å².